The molecule has 0 aliphatic heterocycles. The molecule has 0 aliphatic rings. The summed E-state index contributed by atoms with van der Waals surface area (Å²) in [5, 5.41) is 2.62. The number of hydrogen-bond donors (Lipinski definition) is 1. The molecule has 0 spiro atoms. The average Bonchev–Trinajstić information content (AvgIpc) is 2.38. The highest BCUT2D eigenvalue weighted by Gasteiger charge is 2.30. The molecule has 0 aliphatic carbocycles. The first-order valence-corrected chi connectivity index (χ1v) is 8.09. The van der Waals surface area contributed by atoms with Gasteiger partial charge in [0.1, 0.15) is 5.75 Å². The topological polar surface area (TPSA) is 46.2 Å². The van der Waals surface area contributed by atoms with Crippen LogP contribution in [0.5, 0.6) is 0 Å². The highest BCUT2D eigenvalue weighted by Crippen LogP contribution is 2.29. The van der Waals surface area contributed by atoms with Crippen molar-refractivity contribution in [3.05, 3.63) is 35.4 Å². The van der Waals surface area contributed by atoms with Crippen LogP contribution in [0.25, 0.3) is 0 Å². The van der Waals surface area contributed by atoms with Gasteiger partial charge in [0.05, 0.1) is 5.56 Å². The molecule has 0 saturated carbocycles. The molecule has 7 heteroatoms. The molecule has 1 atom stereocenters. The number of halogens is 3. The predicted octanol–water partition coefficient (Wildman–Crippen LogP) is 2.87. The van der Waals surface area contributed by atoms with Crippen LogP contribution in [-0.4, -0.2) is 22.4 Å². The summed E-state index contributed by atoms with van der Waals surface area (Å²) in [6.45, 7) is 2.51. The van der Waals surface area contributed by atoms with Crippen LogP contribution in [0.2, 0.25) is 0 Å². The van der Waals surface area contributed by atoms with E-state index in [1.807, 2.05) is 6.92 Å². The van der Waals surface area contributed by atoms with E-state index in [2.05, 4.69) is 5.32 Å². The maximum Gasteiger partial charge on any atom is 0.416 e. The lowest BCUT2D eigenvalue weighted by atomic mass is 10.1. The predicted molar refractivity (Wildman–Crippen MR) is 76.1 cm³/mol. The number of unbranched alkanes of at least 4 members (excludes halogenated alkanes) is 1. The molecule has 0 saturated heterocycles. The van der Waals surface area contributed by atoms with Crippen LogP contribution in [0.4, 0.5) is 13.2 Å². The summed E-state index contributed by atoms with van der Waals surface area (Å²) >= 11 is 0. The Kier molecular flexibility index (Phi) is 6.87. The first-order chi connectivity index (χ1) is 9.82. The van der Waals surface area contributed by atoms with Gasteiger partial charge in [-0.15, -0.1) is 0 Å². The van der Waals surface area contributed by atoms with E-state index in [-0.39, 0.29) is 17.4 Å². The van der Waals surface area contributed by atoms with E-state index in [9.17, 15) is 22.2 Å². The monoisotopic (exact) mass is 321 g/mol. The molecule has 0 radical (unpaired) electrons. The van der Waals surface area contributed by atoms with Crippen molar-refractivity contribution < 1.29 is 22.2 Å². The van der Waals surface area contributed by atoms with Gasteiger partial charge < -0.3 is 5.32 Å². The lowest BCUT2D eigenvalue weighted by Gasteiger charge is -2.09. The van der Waals surface area contributed by atoms with Crippen LogP contribution in [0.15, 0.2) is 24.3 Å². The quantitative estimate of drug-likeness (QED) is 0.785. The average molecular weight is 321 g/mol. The first-order valence-electron chi connectivity index (χ1n) is 6.60. The zero-order valence-corrected chi connectivity index (χ0v) is 12.5. The molecule has 118 valence electrons. The van der Waals surface area contributed by atoms with Crippen LogP contribution in [0.3, 0.4) is 0 Å². The molecule has 3 nitrogen and oxygen atoms in total. The van der Waals surface area contributed by atoms with Crippen molar-refractivity contribution in [3.63, 3.8) is 0 Å². The van der Waals surface area contributed by atoms with Crippen molar-refractivity contribution in [2.24, 2.45) is 0 Å². The molecular weight excluding hydrogens is 303 g/mol. The van der Waals surface area contributed by atoms with Crippen molar-refractivity contribution in [1.29, 1.82) is 0 Å². The minimum Gasteiger partial charge on any atom is -0.355 e. The third-order valence-corrected chi connectivity index (χ3v) is 3.97. The van der Waals surface area contributed by atoms with Crippen molar-refractivity contribution >= 4 is 16.7 Å². The van der Waals surface area contributed by atoms with Crippen LogP contribution < -0.4 is 5.32 Å². The summed E-state index contributed by atoms with van der Waals surface area (Å²) in [5.41, 5.74) is -0.464. The summed E-state index contributed by atoms with van der Waals surface area (Å²) in [5.74, 6) is -0.598. The molecule has 1 amide bonds. The Labute approximate surface area is 124 Å². The molecule has 21 heavy (non-hydrogen) atoms. The number of rotatable bonds is 7. The Morgan fingerprint density at radius 2 is 2.05 bits per heavy atom. The van der Waals surface area contributed by atoms with Crippen LogP contribution in [0, 0.1) is 0 Å². The van der Waals surface area contributed by atoms with Gasteiger partial charge in [0.25, 0.3) is 0 Å². The van der Waals surface area contributed by atoms with Gasteiger partial charge in [-0.25, -0.2) is 0 Å². The second-order valence-corrected chi connectivity index (χ2v) is 6.09. The molecule has 0 fully saturated rings. The minimum absolute atomic E-state index is 0.0644. The van der Waals surface area contributed by atoms with Crippen LogP contribution in [0.1, 0.15) is 30.9 Å². The first kappa shape index (κ1) is 17.7. The summed E-state index contributed by atoms with van der Waals surface area (Å²) in [6.07, 6.45) is -2.64. The number of nitrogens with one attached hydrogen (secondary N) is 1. The SMILES string of the molecule is CCCCNC(=O)C[S@](=O)Cc1cccc(C(F)(F)F)c1. The lowest BCUT2D eigenvalue weighted by Crippen LogP contribution is -2.29. The molecule has 1 aromatic rings. The molecule has 0 aromatic heterocycles. The van der Waals surface area contributed by atoms with Gasteiger partial charge >= 0.3 is 6.18 Å². The number of hydrogen-bond acceptors (Lipinski definition) is 2. The van der Waals surface area contributed by atoms with E-state index in [0.29, 0.717) is 12.1 Å². The normalized spacial score (nSPS) is 13.0. The van der Waals surface area contributed by atoms with Gasteiger partial charge in [0, 0.05) is 23.1 Å². The number of alkyl halides is 3. The Balaban J connectivity index is 2.53. The highest BCUT2D eigenvalue weighted by molar-refractivity contribution is 7.84. The van der Waals surface area contributed by atoms with Gasteiger partial charge in [-0.3, -0.25) is 9.00 Å². The number of amides is 1. The van der Waals surface area contributed by atoms with Crippen LogP contribution in [-0.2, 0) is 27.5 Å². The summed E-state index contributed by atoms with van der Waals surface area (Å²) in [6, 6.07) is 4.68. The van der Waals surface area contributed by atoms with E-state index >= 15 is 0 Å². The van der Waals surface area contributed by atoms with Crippen molar-refractivity contribution in [2.45, 2.75) is 31.7 Å². The van der Waals surface area contributed by atoms with Gasteiger partial charge in [0.15, 0.2) is 0 Å². The summed E-state index contributed by atoms with van der Waals surface area (Å²) < 4.78 is 49.4. The van der Waals surface area contributed by atoms with Gasteiger partial charge in [0.2, 0.25) is 5.91 Å². The molecule has 1 N–H and O–H groups in total. The fraction of sp³-hybridized carbons (Fsp3) is 0.500. The fourth-order valence-corrected chi connectivity index (χ4v) is 2.72. The van der Waals surface area contributed by atoms with Gasteiger partial charge in [-0.1, -0.05) is 31.5 Å². The summed E-state index contributed by atoms with van der Waals surface area (Å²) in [7, 11) is -1.52. The molecule has 0 bridgehead atoms. The molecule has 0 heterocycles. The van der Waals surface area contributed by atoms with Crippen molar-refractivity contribution in [2.75, 3.05) is 12.3 Å². The zero-order chi connectivity index (χ0) is 15.9. The highest BCUT2D eigenvalue weighted by atomic mass is 32.2. The maximum absolute atomic E-state index is 12.5. The second kappa shape index (κ2) is 8.17. The molecular formula is C14H18F3NO2S. The smallest absolute Gasteiger partial charge is 0.355 e. The Morgan fingerprint density at radius 3 is 2.67 bits per heavy atom. The number of carbonyl (C=O) groups is 1. The van der Waals surface area contributed by atoms with Gasteiger partial charge in [-0.05, 0) is 18.1 Å². The number of carbonyl (C=O) groups excluding carboxylic acids is 1. The van der Waals surface area contributed by atoms with E-state index in [4.69, 9.17) is 0 Å². The van der Waals surface area contributed by atoms with Crippen LogP contribution >= 0.6 is 0 Å². The third-order valence-electron chi connectivity index (χ3n) is 2.73. The van der Waals surface area contributed by atoms with Crippen molar-refractivity contribution in [1.82, 2.24) is 5.32 Å². The Morgan fingerprint density at radius 1 is 1.33 bits per heavy atom. The number of benzene rings is 1. The maximum atomic E-state index is 12.5. The molecule has 1 rings (SSSR count). The largest absolute Gasteiger partial charge is 0.416 e. The van der Waals surface area contributed by atoms with E-state index in [0.717, 1.165) is 25.0 Å². The second-order valence-electron chi connectivity index (χ2n) is 4.63. The minimum atomic E-state index is -4.42. The fourth-order valence-electron chi connectivity index (χ4n) is 1.68. The Hall–Kier alpha value is -1.37. The van der Waals surface area contributed by atoms with E-state index < -0.39 is 22.5 Å². The molecule has 1 aromatic carbocycles. The Bertz CT molecular complexity index is 503. The molecule has 0 unspecified atom stereocenters. The van der Waals surface area contributed by atoms with E-state index in [1.54, 1.807) is 0 Å². The van der Waals surface area contributed by atoms with E-state index in [1.165, 1.54) is 12.1 Å². The zero-order valence-electron chi connectivity index (χ0n) is 11.7. The standard InChI is InChI=1S/C14H18F3NO2S/c1-2-3-7-18-13(19)10-21(20)9-11-5-4-6-12(8-11)14(15,16)17/h4-6,8H,2-3,7,9-10H2,1H3,(H,18,19)/t21-/m1/s1. The van der Waals surface area contributed by atoms with Crippen molar-refractivity contribution in [3.8, 4) is 0 Å². The summed E-state index contributed by atoms with van der Waals surface area (Å²) in [4.78, 5) is 11.5. The lowest BCUT2D eigenvalue weighted by molar-refractivity contribution is -0.137. The third kappa shape index (κ3) is 6.75. The van der Waals surface area contributed by atoms with Gasteiger partial charge in [-0.2, -0.15) is 13.2 Å².